The minimum Gasteiger partial charge on any atom is -0.394 e. The number of unbranched alkanes of at least 4 members (excludes halogenated alkanes) is 6. The zero-order chi connectivity index (χ0) is 22.8. The normalized spacial score (nSPS) is 13.7. The highest BCUT2D eigenvalue weighted by atomic mass is 16.5. The van der Waals surface area contributed by atoms with Crippen LogP contribution in [0.15, 0.2) is 0 Å². The molecule has 0 saturated carbocycles. The Kier molecular flexibility index (Phi) is 18.4. The van der Waals surface area contributed by atoms with Gasteiger partial charge in [-0.05, 0) is 37.0 Å². The Morgan fingerprint density at radius 3 is 1.37 bits per heavy atom. The van der Waals surface area contributed by atoms with E-state index >= 15 is 0 Å². The molecule has 0 saturated heterocycles. The molecule has 0 heterocycles. The van der Waals surface area contributed by atoms with Gasteiger partial charge in [0.2, 0.25) is 0 Å². The number of rotatable bonds is 21. The van der Waals surface area contributed by atoms with Gasteiger partial charge in [-0.3, -0.25) is 0 Å². The Morgan fingerprint density at radius 1 is 0.600 bits per heavy atom. The molecule has 3 nitrogen and oxygen atoms in total. The smallest absolute Gasteiger partial charge is 0.106 e. The minimum absolute atomic E-state index is 0.203. The fourth-order valence-corrected chi connectivity index (χ4v) is 4.28. The first-order valence-electron chi connectivity index (χ1n) is 13.2. The Hall–Kier alpha value is -0.120. The van der Waals surface area contributed by atoms with Gasteiger partial charge in [0.05, 0.1) is 12.2 Å². The molecule has 0 aliphatic rings. The lowest BCUT2D eigenvalue weighted by atomic mass is 9.84. The van der Waals surface area contributed by atoms with Crippen molar-refractivity contribution in [1.29, 1.82) is 0 Å². The van der Waals surface area contributed by atoms with Crippen molar-refractivity contribution in [3.05, 3.63) is 0 Å². The number of ether oxygens (including phenoxy) is 1. The maximum absolute atomic E-state index is 10.8. The van der Waals surface area contributed by atoms with Crippen LogP contribution in [0, 0.1) is 17.8 Å². The number of aliphatic hydroxyl groups is 2. The second-order valence-corrected chi connectivity index (χ2v) is 10.8. The van der Waals surface area contributed by atoms with Crippen molar-refractivity contribution in [3.8, 4) is 0 Å². The second-order valence-electron chi connectivity index (χ2n) is 10.8. The van der Waals surface area contributed by atoms with E-state index in [4.69, 9.17) is 4.74 Å². The Bertz CT molecular complexity index is 347. The molecule has 0 rings (SSSR count). The highest BCUT2D eigenvalue weighted by Gasteiger charge is 2.37. The van der Waals surface area contributed by atoms with E-state index in [0.717, 1.165) is 49.9 Å². The predicted molar refractivity (Wildman–Crippen MR) is 131 cm³/mol. The molecule has 0 aromatic carbocycles. The van der Waals surface area contributed by atoms with Gasteiger partial charge in [0.1, 0.15) is 6.10 Å². The molecular formula is C27H56O3. The maximum Gasteiger partial charge on any atom is 0.106 e. The molecule has 0 aliphatic heterocycles. The molecule has 0 radical (unpaired) electrons. The fraction of sp³-hybridized carbons (Fsp3) is 1.00. The summed E-state index contributed by atoms with van der Waals surface area (Å²) in [6, 6.07) is 0. The molecule has 182 valence electrons. The quantitative estimate of drug-likeness (QED) is 0.186. The first-order chi connectivity index (χ1) is 14.2. The van der Waals surface area contributed by atoms with Crippen molar-refractivity contribution in [2.45, 2.75) is 143 Å². The Labute approximate surface area is 189 Å². The molecule has 3 heteroatoms. The largest absolute Gasteiger partial charge is 0.394 e. The van der Waals surface area contributed by atoms with Crippen LogP contribution in [0.1, 0.15) is 131 Å². The van der Waals surface area contributed by atoms with Gasteiger partial charge in [-0.25, -0.2) is 0 Å². The van der Waals surface area contributed by atoms with E-state index in [2.05, 4.69) is 41.5 Å². The van der Waals surface area contributed by atoms with Crippen molar-refractivity contribution in [3.63, 3.8) is 0 Å². The van der Waals surface area contributed by atoms with Crippen LogP contribution in [0.4, 0.5) is 0 Å². The first kappa shape index (κ1) is 29.9. The lowest BCUT2D eigenvalue weighted by Crippen LogP contribution is -2.47. The summed E-state index contributed by atoms with van der Waals surface area (Å²) in [6.07, 6.45) is 15.2. The second kappa shape index (κ2) is 18.5. The summed E-state index contributed by atoms with van der Waals surface area (Å²) in [5.41, 5.74) is -0.567. The van der Waals surface area contributed by atoms with Gasteiger partial charge in [-0.2, -0.15) is 0 Å². The monoisotopic (exact) mass is 428 g/mol. The highest BCUT2D eigenvalue weighted by Crippen LogP contribution is 2.31. The molecule has 1 unspecified atom stereocenters. The first-order valence-corrected chi connectivity index (χ1v) is 13.2. The van der Waals surface area contributed by atoms with Crippen LogP contribution in [-0.4, -0.2) is 35.1 Å². The van der Waals surface area contributed by atoms with Crippen molar-refractivity contribution in [2.24, 2.45) is 17.8 Å². The van der Waals surface area contributed by atoms with Crippen LogP contribution in [0.2, 0.25) is 0 Å². The standard InChI is InChI=1S/C27H56O3/c1-23(2)16-10-7-13-19-27(26(29)22-28,20-14-8-11-17-24(3)4)30-21-15-9-12-18-25(5)6/h23-26,28-29H,7-22H2,1-6H3. The third-order valence-electron chi connectivity index (χ3n) is 6.36. The van der Waals surface area contributed by atoms with Gasteiger partial charge >= 0.3 is 0 Å². The van der Waals surface area contributed by atoms with Crippen LogP contribution < -0.4 is 0 Å². The van der Waals surface area contributed by atoms with Crippen LogP contribution in [0.25, 0.3) is 0 Å². The summed E-state index contributed by atoms with van der Waals surface area (Å²) in [5.74, 6) is 2.26. The van der Waals surface area contributed by atoms with E-state index in [9.17, 15) is 10.2 Å². The van der Waals surface area contributed by atoms with E-state index in [1.54, 1.807) is 0 Å². The molecule has 0 fully saturated rings. The van der Waals surface area contributed by atoms with Gasteiger partial charge in [0.15, 0.2) is 0 Å². The summed E-state index contributed by atoms with van der Waals surface area (Å²) >= 11 is 0. The average Bonchev–Trinajstić information content (AvgIpc) is 2.68. The lowest BCUT2D eigenvalue weighted by molar-refractivity contribution is -0.148. The maximum atomic E-state index is 10.8. The summed E-state index contributed by atoms with van der Waals surface area (Å²) in [4.78, 5) is 0. The van der Waals surface area contributed by atoms with E-state index < -0.39 is 11.7 Å². The van der Waals surface area contributed by atoms with Crippen LogP contribution in [-0.2, 0) is 4.74 Å². The summed E-state index contributed by atoms with van der Waals surface area (Å²) in [5, 5.41) is 20.6. The third kappa shape index (κ3) is 15.6. The van der Waals surface area contributed by atoms with Crippen LogP contribution >= 0.6 is 0 Å². The van der Waals surface area contributed by atoms with Crippen molar-refractivity contribution in [2.75, 3.05) is 13.2 Å². The lowest BCUT2D eigenvalue weighted by Gasteiger charge is -2.38. The van der Waals surface area contributed by atoms with Crippen molar-refractivity contribution >= 4 is 0 Å². The molecule has 0 bridgehead atoms. The molecular weight excluding hydrogens is 372 g/mol. The van der Waals surface area contributed by atoms with Gasteiger partial charge in [0, 0.05) is 6.61 Å². The summed E-state index contributed by atoms with van der Waals surface area (Å²) in [6.45, 7) is 14.2. The van der Waals surface area contributed by atoms with Crippen LogP contribution in [0.5, 0.6) is 0 Å². The molecule has 2 N–H and O–H groups in total. The number of hydrogen-bond donors (Lipinski definition) is 2. The molecule has 1 atom stereocenters. The van der Waals surface area contributed by atoms with E-state index in [0.29, 0.717) is 6.61 Å². The zero-order valence-electron chi connectivity index (χ0n) is 21.4. The van der Waals surface area contributed by atoms with Crippen molar-refractivity contribution in [1.82, 2.24) is 0 Å². The summed E-state index contributed by atoms with van der Waals surface area (Å²) < 4.78 is 6.43. The summed E-state index contributed by atoms with van der Waals surface area (Å²) in [7, 11) is 0. The van der Waals surface area contributed by atoms with Gasteiger partial charge in [-0.15, -0.1) is 0 Å². The molecule has 0 amide bonds. The van der Waals surface area contributed by atoms with Crippen LogP contribution in [0.3, 0.4) is 0 Å². The molecule has 0 aromatic rings. The van der Waals surface area contributed by atoms with Gasteiger partial charge in [0.25, 0.3) is 0 Å². The molecule has 30 heavy (non-hydrogen) atoms. The predicted octanol–water partition coefficient (Wildman–Crippen LogP) is 7.52. The third-order valence-corrected chi connectivity index (χ3v) is 6.36. The molecule has 0 aromatic heterocycles. The van der Waals surface area contributed by atoms with E-state index in [1.807, 2.05) is 0 Å². The highest BCUT2D eigenvalue weighted by molar-refractivity contribution is 4.88. The zero-order valence-corrected chi connectivity index (χ0v) is 21.4. The van der Waals surface area contributed by atoms with Crippen molar-refractivity contribution < 1.29 is 14.9 Å². The van der Waals surface area contributed by atoms with Gasteiger partial charge < -0.3 is 14.9 Å². The van der Waals surface area contributed by atoms with Gasteiger partial charge in [-0.1, -0.05) is 112 Å². The Morgan fingerprint density at radius 2 is 1.00 bits per heavy atom. The fourth-order valence-electron chi connectivity index (χ4n) is 4.28. The molecule has 0 aliphatic carbocycles. The minimum atomic E-state index is -0.775. The number of aliphatic hydroxyl groups excluding tert-OH is 2. The van der Waals surface area contributed by atoms with E-state index in [-0.39, 0.29) is 6.61 Å². The average molecular weight is 429 g/mol. The SMILES string of the molecule is CC(C)CCCCCOC(CCCCCC(C)C)(CCCCCC(C)C)C(O)CO. The Balaban J connectivity index is 4.72. The van der Waals surface area contributed by atoms with E-state index in [1.165, 1.54) is 57.8 Å². The molecule has 0 spiro atoms. The topological polar surface area (TPSA) is 49.7 Å². The number of hydrogen-bond acceptors (Lipinski definition) is 3.